The predicted molar refractivity (Wildman–Crippen MR) is 74.2 cm³/mol. The molecule has 0 N–H and O–H groups in total. The first-order chi connectivity index (χ1) is 8.06. The van der Waals surface area contributed by atoms with Gasteiger partial charge in [-0.25, -0.2) is 0 Å². The Morgan fingerprint density at radius 3 is 2.00 bits per heavy atom. The van der Waals surface area contributed by atoms with Crippen LogP contribution < -0.4 is 0 Å². The fourth-order valence-corrected chi connectivity index (χ4v) is 3.31. The average Bonchev–Trinajstić information content (AvgIpc) is 2.23. The zero-order valence-electron chi connectivity index (χ0n) is 12.2. The molecule has 2 nitrogen and oxygen atoms in total. The molecule has 2 fully saturated rings. The lowest BCUT2D eigenvalue weighted by atomic mass is 9.69. The lowest BCUT2D eigenvalue weighted by Gasteiger charge is -2.43. The lowest BCUT2D eigenvalue weighted by Crippen LogP contribution is -2.51. The molecular formula is C15H30N2. The molecule has 1 heterocycles. The summed E-state index contributed by atoms with van der Waals surface area (Å²) in [6.45, 7) is 15.9. The zero-order valence-corrected chi connectivity index (χ0v) is 12.2. The molecule has 0 radical (unpaired) electrons. The Bertz CT molecular complexity index is 223. The van der Waals surface area contributed by atoms with Crippen LogP contribution in [0.1, 0.15) is 40.5 Å². The molecule has 1 aliphatic carbocycles. The van der Waals surface area contributed by atoms with Crippen molar-refractivity contribution in [1.82, 2.24) is 9.80 Å². The van der Waals surface area contributed by atoms with Gasteiger partial charge >= 0.3 is 0 Å². The standard InChI is InChI=1S/C15H30N2/c1-12(2)15-9-14(10-15)11-16-5-7-17(8-6-16)13(3)4/h12-15H,5-11H2,1-4H3/t14-,15-. The Kier molecular flexibility index (Phi) is 4.48. The molecule has 2 rings (SSSR count). The highest BCUT2D eigenvalue weighted by molar-refractivity contribution is 4.85. The van der Waals surface area contributed by atoms with E-state index < -0.39 is 0 Å². The van der Waals surface area contributed by atoms with Crippen molar-refractivity contribution in [2.75, 3.05) is 32.7 Å². The first-order valence-corrected chi connectivity index (χ1v) is 7.52. The van der Waals surface area contributed by atoms with Crippen molar-refractivity contribution in [3.63, 3.8) is 0 Å². The topological polar surface area (TPSA) is 6.48 Å². The van der Waals surface area contributed by atoms with Gasteiger partial charge in [0.1, 0.15) is 0 Å². The van der Waals surface area contributed by atoms with Crippen LogP contribution in [-0.2, 0) is 0 Å². The van der Waals surface area contributed by atoms with Crippen LogP contribution >= 0.6 is 0 Å². The number of hydrogen-bond donors (Lipinski definition) is 0. The number of piperazine rings is 1. The Morgan fingerprint density at radius 1 is 0.941 bits per heavy atom. The maximum Gasteiger partial charge on any atom is 0.0113 e. The van der Waals surface area contributed by atoms with Crippen LogP contribution in [0.2, 0.25) is 0 Å². The third-order valence-corrected chi connectivity index (χ3v) is 4.87. The second-order valence-electron chi connectivity index (χ2n) is 6.77. The molecule has 1 saturated heterocycles. The largest absolute Gasteiger partial charge is 0.301 e. The third kappa shape index (κ3) is 3.45. The SMILES string of the molecule is CC(C)N1CCN(C[C@H]2C[C@H](C(C)C)C2)CC1. The molecular weight excluding hydrogens is 208 g/mol. The fraction of sp³-hybridized carbons (Fsp3) is 1.00. The van der Waals surface area contributed by atoms with Gasteiger partial charge in [-0.2, -0.15) is 0 Å². The van der Waals surface area contributed by atoms with Gasteiger partial charge in [0.2, 0.25) is 0 Å². The molecule has 17 heavy (non-hydrogen) atoms. The minimum absolute atomic E-state index is 0.728. The van der Waals surface area contributed by atoms with E-state index in [-0.39, 0.29) is 0 Å². The molecule has 1 saturated carbocycles. The van der Waals surface area contributed by atoms with Gasteiger partial charge in [-0.1, -0.05) is 13.8 Å². The number of rotatable bonds is 4. The normalized spacial score (nSPS) is 32.1. The molecule has 0 unspecified atom stereocenters. The molecule has 0 bridgehead atoms. The van der Waals surface area contributed by atoms with Gasteiger partial charge in [0, 0.05) is 38.8 Å². The highest BCUT2D eigenvalue weighted by atomic mass is 15.3. The minimum Gasteiger partial charge on any atom is -0.301 e. The van der Waals surface area contributed by atoms with Crippen LogP contribution in [0, 0.1) is 17.8 Å². The quantitative estimate of drug-likeness (QED) is 0.743. The van der Waals surface area contributed by atoms with Crippen molar-refractivity contribution in [3.05, 3.63) is 0 Å². The molecule has 2 aliphatic rings. The van der Waals surface area contributed by atoms with E-state index in [1.807, 2.05) is 0 Å². The average molecular weight is 238 g/mol. The van der Waals surface area contributed by atoms with Crippen LogP contribution in [-0.4, -0.2) is 48.6 Å². The second-order valence-corrected chi connectivity index (χ2v) is 6.77. The smallest absolute Gasteiger partial charge is 0.0113 e. The van der Waals surface area contributed by atoms with Crippen molar-refractivity contribution < 1.29 is 0 Å². The molecule has 0 aromatic heterocycles. The van der Waals surface area contributed by atoms with Gasteiger partial charge in [0.25, 0.3) is 0 Å². The number of nitrogens with zero attached hydrogens (tertiary/aromatic N) is 2. The fourth-order valence-electron chi connectivity index (χ4n) is 3.31. The molecule has 0 spiro atoms. The van der Waals surface area contributed by atoms with Gasteiger partial charge in [0.05, 0.1) is 0 Å². The molecule has 2 heteroatoms. The Hall–Kier alpha value is -0.0800. The van der Waals surface area contributed by atoms with Crippen molar-refractivity contribution in [2.24, 2.45) is 17.8 Å². The summed E-state index contributed by atoms with van der Waals surface area (Å²) in [5.41, 5.74) is 0. The summed E-state index contributed by atoms with van der Waals surface area (Å²) in [5.74, 6) is 2.94. The van der Waals surface area contributed by atoms with Gasteiger partial charge in [-0.05, 0) is 44.4 Å². The Labute approximate surface area is 107 Å². The second kappa shape index (κ2) is 5.71. The van der Waals surface area contributed by atoms with E-state index in [1.165, 1.54) is 45.6 Å². The van der Waals surface area contributed by atoms with E-state index in [2.05, 4.69) is 37.5 Å². The van der Waals surface area contributed by atoms with Crippen molar-refractivity contribution in [1.29, 1.82) is 0 Å². The van der Waals surface area contributed by atoms with E-state index in [1.54, 1.807) is 0 Å². The van der Waals surface area contributed by atoms with Crippen molar-refractivity contribution >= 4 is 0 Å². The van der Waals surface area contributed by atoms with Crippen molar-refractivity contribution in [2.45, 2.75) is 46.6 Å². The van der Waals surface area contributed by atoms with E-state index in [9.17, 15) is 0 Å². The highest BCUT2D eigenvalue weighted by Crippen LogP contribution is 2.39. The molecule has 0 atom stereocenters. The molecule has 100 valence electrons. The van der Waals surface area contributed by atoms with Gasteiger partial charge in [-0.3, -0.25) is 4.90 Å². The van der Waals surface area contributed by atoms with Gasteiger partial charge < -0.3 is 4.90 Å². The molecule has 0 amide bonds. The summed E-state index contributed by atoms with van der Waals surface area (Å²) in [4.78, 5) is 5.30. The highest BCUT2D eigenvalue weighted by Gasteiger charge is 2.32. The zero-order chi connectivity index (χ0) is 12.4. The molecule has 0 aromatic carbocycles. The molecule has 0 aromatic rings. The molecule has 1 aliphatic heterocycles. The maximum atomic E-state index is 2.69. The number of hydrogen-bond acceptors (Lipinski definition) is 2. The van der Waals surface area contributed by atoms with Crippen LogP contribution in [0.25, 0.3) is 0 Å². The monoisotopic (exact) mass is 238 g/mol. The summed E-state index contributed by atoms with van der Waals surface area (Å²) in [6, 6.07) is 0.728. The summed E-state index contributed by atoms with van der Waals surface area (Å²) in [6.07, 6.45) is 2.98. The Balaban J connectivity index is 1.63. The van der Waals surface area contributed by atoms with Crippen LogP contribution in [0.5, 0.6) is 0 Å². The van der Waals surface area contributed by atoms with Crippen LogP contribution in [0.4, 0.5) is 0 Å². The first-order valence-electron chi connectivity index (χ1n) is 7.52. The first kappa shape index (κ1) is 13.4. The third-order valence-electron chi connectivity index (χ3n) is 4.87. The van der Waals surface area contributed by atoms with Gasteiger partial charge in [-0.15, -0.1) is 0 Å². The summed E-state index contributed by atoms with van der Waals surface area (Å²) >= 11 is 0. The van der Waals surface area contributed by atoms with Gasteiger partial charge in [0.15, 0.2) is 0 Å². The summed E-state index contributed by atoms with van der Waals surface area (Å²) in [5, 5.41) is 0. The minimum atomic E-state index is 0.728. The van der Waals surface area contributed by atoms with E-state index >= 15 is 0 Å². The van der Waals surface area contributed by atoms with Crippen LogP contribution in [0.3, 0.4) is 0 Å². The Morgan fingerprint density at radius 2 is 1.53 bits per heavy atom. The van der Waals surface area contributed by atoms with Crippen molar-refractivity contribution in [3.8, 4) is 0 Å². The lowest BCUT2D eigenvalue weighted by molar-refractivity contribution is 0.0557. The van der Waals surface area contributed by atoms with E-state index in [0.717, 1.165) is 23.8 Å². The van der Waals surface area contributed by atoms with E-state index in [4.69, 9.17) is 0 Å². The van der Waals surface area contributed by atoms with Crippen LogP contribution in [0.15, 0.2) is 0 Å². The summed E-state index contributed by atoms with van der Waals surface area (Å²) in [7, 11) is 0. The maximum absolute atomic E-state index is 2.69. The van der Waals surface area contributed by atoms with E-state index in [0.29, 0.717) is 0 Å². The summed E-state index contributed by atoms with van der Waals surface area (Å²) < 4.78 is 0. The predicted octanol–water partition coefficient (Wildman–Crippen LogP) is 2.69.